The quantitative estimate of drug-likeness (QED) is 0.216. The molecule has 0 saturated heterocycles. The van der Waals surface area contributed by atoms with Gasteiger partial charge >= 0.3 is 0 Å². The van der Waals surface area contributed by atoms with Crippen LogP contribution in [0.4, 0.5) is 10.1 Å². The van der Waals surface area contributed by atoms with E-state index in [1.165, 1.54) is 47.4 Å². The van der Waals surface area contributed by atoms with Crippen LogP contribution in [-0.4, -0.2) is 50.4 Å². The third-order valence-electron chi connectivity index (χ3n) is 6.86. The zero-order valence-electron chi connectivity index (χ0n) is 24.5. The van der Waals surface area contributed by atoms with Crippen molar-refractivity contribution >= 4 is 50.7 Å². The Labute approximate surface area is 262 Å². The van der Waals surface area contributed by atoms with Crippen molar-refractivity contribution in [2.45, 2.75) is 64.1 Å². The van der Waals surface area contributed by atoms with Gasteiger partial charge in [-0.25, -0.2) is 12.8 Å². The third kappa shape index (κ3) is 8.84. The van der Waals surface area contributed by atoms with Gasteiger partial charge in [-0.15, -0.1) is 0 Å². The van der Waals surface area contributed by atoms with Crippen LogP contribution in [0.25, 0.3) is 0 Å². The molecular formula is C31H36Cl2FN3O5S. The molecule has 2 unspecified atom stereocenters. The molecule has 0 saturated carbocycles. The SMILES string of the molecule is CCOc1ccc(S(=O)(=O)N(CC(=O)N(Cc2ccc(Cl)cc2Cl)C(CC)C(=O)NC(C)CC)c2ccc(F)cc2)cc1. The summed E-state index contributed by atoms with van der Waals surface area (Å²) in [6.07, 6.45) is 0.930. The molecule has 3 rings (SSSR count). The number of carbonyl (C=O) groups is 2. The highest BCUT2D eigenvalue weighted by atomic mass is 35.5. The van der Waals surface area contributed by atoms with Gasteiger partial charge in [-0.1, -0.05) is 43.1 Å². The molecule has 0 fully saturated rings. The molecule has 43 heavy (non-hydrogen) atoms. The fourth-order valence-corrected chi connectivity index (χ4v) is 6.21. The Morgan fingerprint density at radius 2 is 1.60 bits per heavy atom. The molecule has 0 aliphatic rings. The van der Waals surface area contributed by atoms with Crippen LogP contribution < -0.4 is 14.4 Å². The number of amides is 2. The lowest BCUT2D eigenvalue weighted by molar-refractivity contribution is -0.140. The summed E-state index contributed by atoms with van der Waals surface area (Å²) in [6, 6.07) is 14.3. The lowest BCUT2D eigenvalue weighted by Crippen LogP contribution is -2.53. The van der Waals surface area contributed by atoms with Crippen LogP contribution in [0.15, 0.2) is 71.6 Å². The van der Waals surface area contributed by atoms with E-state index in [1.807, 2.05) is 20.8 Å². The molecule has 0 heterocycles. The number of rotatable bonds is 14. The maximum Gasteiger partial charge on any atom is 0.264 e. The van der Waals surface area contributed by atoms with Crippen molar-refractivity contribution in [1.82, 2.24) is 10.2 Å². The number of nitrogens with zero attached hydrogens (tertiary/aromatic N) is 2. The van der Waals surface area contributed by atoms with Crippen molar-refractivity contribution in [3.8, 4) is 5.75 Å². The number of nitrogens with one attached hydrogen (secondary N) is 1. The number of hydrogen-bond acceptors (Lipinski definition) is 5. The van der Waals surface area contributed by atoms with Crippen molar-refractivity contribution in [2.75, 3.05) is 17.5 Å². The average molecular weight is 653 g/mol. The van der Waals surface area contributed by atoms with Gasteiger partial charge in [0.15, 0.2) is 0 Å². The van der Waals surface area contributed by atoms with Gasteiger partial charge < -0.3 is 15.0 Å². The molecule has 3 aromatic rings. The van der Waals surface area contributed by atoms with E-state index in [0.717, 1.165) is 16.4 Å². The number of anilines is 1. The Hall–Kier alpha value is -3.34. The van der Waals surface area contributed by atoms with E-state index >= 15 is 0 Å². The van der Waals surface area contributed by atoms with Crippen molar-refractivity contribution in [3.05, 3.63) is 88.2 Å². The Kier molecular flexibility index (Phi) is 12.2. The van der Waals surface area contributed by atoms with Gasteiger partial charge in [-0.3, -0.25) is 13.9 Å². The highest BCUT2D eigenvalue weighted by Gasteiger charge is 2.34. The first-order valence-corrected chi connectivity index (χ1v) is 16.2. The molecule has 0 aromatic heterocycles. The van der Waals surface area contributed by atoms with E-state index in [4.69, 9.17) is 27.9 Å². The van der Waals surface area contributed by atoms with Gasteiger partial charge in [0.05, 0.1) is 17.2 Å². The van der Waals surface area contributed by atoms with Crippen molar-refractivity contribution < 1.29 is 27.1 Å². The smallest absolute Gasteiger partial charge is 0.264 e. The summed E-state index contributed by atoms with van der Waals surface area (Å²) >= 11 is 12.5. The van der Waals surface area contributed by atoms with Crippen LogP contribution in [0.1, 0.15) is 46.1 Å². The topological polar surface area (TPSA) is 96.0 Å². The average Bonchev–Trinajstić information content (AvgIpc) is 2.97. The maximum absolute atomic E-state index is 14.1. The third-order valence-corrected chi connectivity index (χ3v) is 9.23. The minimum Gasteiger partial charge on any atom is -0.494 e. The van der Waals surface area contributed by atoms with Crippen LogP contribution in [0, 0.1) is 5.82 Å². The Bertz CT molecular complexity index is 1500. The fourth-order valence-electron chi connectivity index (χ4n) is 4.33. The first-order valence-electron chi connectivity index (χ1n) is 14.0. The minimum atomic E-state index is -4.33. The molecule has 0 aliphatic carbocycles. The minimum absolute atomic E-state index is 0.0743. The molecule has 8 nitrogen and oxygen atoms in total. The predicted molar refractivity (Wildman–Crippen MR) is 168 cm³/mol. The number of hydrogen-bond donors (Lipinski definition) is 1. The summed E-state index contributed by atoms with van der Waals surface area (Å²) in [6.45, 7) is 7.00. The maximum atomic E-state index is 14.1. The normalized spacial score (nSPS) is 12.7. The lowest BCUT2D eigenvalue weighted by Gasteiger charge is -2.34. The second-order valence-electron chi connectivity index (χ2n) is 9.89. The highest BCUT2D eigenvalue weighted by Crippen LogP contribution is 2.28. The number of halogens is 3. The predicted octanol–water partition coefficient (Wildman–Crippen LogP) is 6.45. The summed E-state index contributed by atoms with van der Waals surface area (Å²) in [7, 11) is -4.33. The number of ether oxygens (including phenoxy) is 1. The standard InChI is InChI=1S/C31H36Cl2FN3O5S/c1-5-21(4)35-31(39)29(6-2)36(19-22-8-9-23(32)18-28(22)33)30(38)20-37(25-12-10-24(34)11-13-25)43(40,41)27-16-14-26(15-17-27)42-7-3/h8-18,21,29H,5-7,19-20H2,1-4H3,(H,35,39). The number of benzene rings is 3. The molecule has 0 aliphatic heterocycles. The second-order valence-corrected chi connectivity index (χ2v) is 12.6. The molecule has 2 amide bonds. The van der Waals surface area contributed by atoms with Crippen LogP contribution in [-0.2, 0) is 26.2 Å². The molecule has 232 valence electrons. The van der Waals surface area contributed by atoms with Crippen molar-refractivity contribution in [3.63, 3.8) is 0 Å². The summed E-state index contributed by atoms with van der Waals surface area (Å²) in [5.74, 6) is -1.12. The van der Waals surface area contributed by atoms with E-state index in [1.54, 1.807) is 19.1 Å². The van der Waals surface area contributed by atoms with E-state index in [-0.39, 0.29) is 35.5 Å². The zero-order chi connectivity index (χ0) is 31.7. The summed E-state index contributed by atoms with van der Waals surface area (Å²) in [4.78, 5) is 28.7. The molecule has 0 spiro atoms. The van der Waals surface area contributed by atoms with Crippen LogP contribution in [0.3, 0.4) is 0 Å². The number of sulfonamides is 1. The van der Waals surface area contributed by atoms with E-state index < -0.39 is 34.3 Å². The molecule has 0 radical (unpaired) electrons. The zero-order valence-corrected chi connectivity index (χ0v) is 26.8. The molecule has 2 atom stereocenters. The van der Waals surface area contributed by atoms with Gasteiger partial charge in [0.1, 0.15) is 24.2 Å². The van der Waals surface area contributed by atoms with E-state index in [2.05, 4.69) is 5.32 Å². The molecular weight excluding hydrogens is 616 g/mol. The van der Waals surface area contributed by atoms with Crippen LogP contribution in [0.2, 0.25) is 10.0 Å². The first-order chi connectivity index (χ1) is 20.4. The van der Waals surface area contributed by atoms with Crippen molar-refractivity contribution in [1.29, 1.82) is 0 Å². The van der Waals surface area contributed by atoms with Crippen LogP contribution >= 0.6 is 23.2 Å². The Morgan fingerprint density at radius 3 is 2.16 bits per heavy atom. The van der Waals surface area contributed by atoms with Gasteiger partial charge in [-0.2, -0.15) is 0 Å². The van der Waals surface area contributed by atoms with Gasteiger partial charge in [0.25, 0.3) is 10.0 Å². The molecule has 3 aromatic carbocycles. The van der Waals surface area contributed by atoms with Crippen molar-refractivity contribution in [2.24, 2.45) is 0 Å². The van der Waals surface area contributed by atoms with E-state index in [0.29, 0.717) is 34.4 Å². The lowest BCUT2D eigenvalue weighted by atomic mass is 10.1. The second kappa shape index (κ2) is 15.4. The summed E-state index contributed by atoms with van der Waals surface area (Å²) in [5, 5.41) is 3.61. The van der Waals surface area contributed by atoms with Crippen LogP contribution in [0.5, 0.6) is 5.75 Å². The van der Waals surface area contributed by atoms with Gasteiger partial charge in [0, 0.05) is 22.6 Å². The Balaban J connectivity index is 2.07. The molecule has 12 heteroatoms. The van der Waals surface area contributed by atoms with Gasteiger partial charge in [0.2, 0.25) is 11.8 Å². The first kappa shape index (κ1) is 34.2. The molecule has 1 N–H and O–H groups in total. The van der Waals surface area contributed by atoms with Gasteiger partial charge in [-0.05, 0) is 92.9 Å². The summed E-state index contributed by atoms with van der Waals surface area (Å²) in [5.41, 5.74) is 0.599. The number of carbonyl (C=O) groups excluding carboxylic acids is 2. The van der Waals surface area contributed by atoms with E-state index in [9.17, 15) is 22.4 Å². The highest BCUT2D eigenvalue weighted by molar-refractivity contribution is 7.92. The largest absolute Gasteiger partial charge is 0.494 e. The fraction of sp³-hybridized carbons (Fsp3) is 0.355. The molecule has 0 bridgehead atoms. The summed E-state index contributed by atoms with van der Waals surface area (Å²) < 4.78 is 48.1. The Morgan fingerprint density at radius 1 is 0.953 bits per heavy atom. The monoisotopic (exact) mass is 651 g/mol.